The van der Waals surface area contributed by atoms with Crippen LogP contribution in [0.25, 0.3) is 22.4 Å². The molecule has 0 fully saturated rings. The number of aromatic nitrogens is 4. The second kappa shape index (κ2) is 10.2. The van der Waals surface area contributed by atoms with Crippen molar-refractivity contribution in [2.24, 2.45) is 17.8 Å². The Balaban J connectivity index is 1.77. The topological polar surface area (TPSA) is 123 Å². The third-order valence-electron chi connectivity index (χ3n) is 5.22. The average Bonchev–Trinajstić information content (AvgIpc) is 3.14. The van der Waals surface area contributed by atoms with Crippen molar-refractivity contribution in [1.82, 2.24) is 19.7 Å². The third-order valence-corrected chi connectivity index (χ3v) is 5.22. The maximum Gasteiger partial charge on any atom is 0.277 e. The normalized spacial score (nSPS) is 11.7. The highest BCUT2D eigenvalue weighted by Crippen LogP contribution is 2.31. The molecule has 0 aliphatic heterocycles. The lowest BCUT2D eigenvalue weighted by Crippen LogP contribution is -2.22. The molecule has 0 amide bonds. The molecule has 0 aliphatic rings. The van der Waals surface area contributed by atoms with Gasteiger partial charge in [-0.1, -0.05) is 38.5 Å². The Labute approximate surface area is 197 Å². The number of fused-ring (bicyclic) bond motifs is 1. The summed E-state index contributed by atoms with van der Waals surface area (Å²) in [6.07, 6.45) is 2.49. The standard InChI is InChI=1S/C25H29N7O2/c1-4-9-19-21-22(32(3)31-19)24(33)30-23(29-21)18-15-17(12-13-20(18)34-14-5-2)28-25(26)27-16-10-7-6-8-11-16/h6-8,10-13,15H,4-5,9,14H2,1-3H3,(H3,26,27,28)(H,29,30,33). The van der Waals surface area contributed by atoms with Crippen LogP contribution in [0.3, 0.4) is 0 Å². The van der Waals surface area contributed by atoms with Crippen molar-refractivity contribution in [2.75, 3.05) is 11.9 Å². The lowest BCUT2D eigenvalue weighted by atomic mass is 10.1. The first-order chi connectivity index (χ1) is 16.5. The Morgan fingerprint density at radius 3 is 2.71 bits per heavy atom. The van der Waals surface area contributed by atoms with Crippen LogP contribution in [0.1, 0.15) is 32.4 Å². The predicted octanol–water partition coefficient (Wildman–Crippen LogP) is 4.12. The Kier molecular flexibility index (Phi) is 6.91. The van der Waals surface area contributed by atoms with Crippen LogP contribution in [0.4, 0.5) is 11.4 Å². The van der Waals surface area contributed by atoms with Crippen molar-refractivity contribution < 1.29 is 4.74 Å². The van der Waals surface area contributed by atoms with Crippen LogP contribution in [-0.2, 0) is 13.5 Å². The number of ether oxygens (including phenoxy) is 1. The molecule has 2 heterocycles. The number of hydrogen-bond acceptors (Lipinski definition) is 5. The number of anilines is 1. The number of hydrogen-bond donors (Lipinski definition) is 3. The molecule has 0 saturated heterocycles. The second-order valence-electron chi connectivity index (χ2n) is 7.95. The van der Waals surface area contributed by atoms with Gasteiger partial charge in [0.2, 0.25) is 0 Å². The summed E-state index contributed by atoms with van der Waals surface area (Å²) in [6, 6.07) is 15.0. The van der Waals surface area contributed by atoms with Gasteiger partial charge in [-0.2, -0.15) is 5.10 Å². The molecule has 0 atom stereocenters. The van der Waals surface area contributed by atoms with Gasteiger partial charge in [0.15, 0.2) is 11.5 Å². The molecule has 9 heteroatoms. The molecule has 0 aliphatic carbocycles. The van der Waals surface area contributed by atoms with Gasteiger partial charge in [0.25, 0.3) is 5.56 Å². The molecule has 0 saturated carbocycles. The van der Waals surface area contributed by atoms with Gasteiger partial charge in [-0.15, -0.1) is 0 Å². The first-order valence-corrected chi connectivity index (χ1v) is 11.4. The minimum atomic E-state index is -0.248. The Bertz CT molecular complexity index is 1370. The fraction of sp³-hybridized carbons (Fsp3) is 0.280. The zero-order valence-electron chi connectivity index (χ0n) is 19.6. The Morgan fingerprint density at radius 1 is 1.18 bits per heavy atom. The number of guanidine groups is 1. The molecule has 0 bridgehead atoms. The molecular formula is C25H29N7O2. The van der Waals surface area contributed by atoms with Crippen LogP contribution < -0.4 is 21.3 Å². The summed E-state index contributed by atoms with van der Waals surface area (Å²) in [4.78, 5) is 25.0. The molecule has 4 aromatic rings. The van der Waals surface area contributed by atoms with Gasteiger partial charge in [-0.05, 0) is 43.2 Å². The van der Waals surface area contributed by atoms with E-state index in [1.807, 2.05) is 55.5 Å². The monoisotopic (exact) mass is 459 g/mol. The zero-order valence-corrected chi connectivity index (χ0v) is 19.6. The zero-order chi connectivity index (χ0) is 24.1. The molecule has 34 heavy (non-hydrogen) atoms. The van der Waals surface area contributed by atoms with Crippen LogP contribution >= 0.6 is 0 Å². The Hall–Kier alpha value is -4.14. The van der Waals surface area contributed by atoms with E-state index < -0.39 is 0 Å². The van der Waals surface area contributed by atoms with Gasteiger partial charge < -0.3 is 20.8 Å². The number of para-hydroxylation sites is 1. The number of nitrogens with two attached hydrogens (primary N) is 1. The van der Waals surface area contributed by atoms with Crippen LogP contribution in [0.2, 0.25) is 0 Å². The Morgan fingerprint density at radius 2 is 1.97 bits per heavy atom. The van der Waals surface area contributed by atoms with Crippen molar-refractivity contribution in [1.29, 1.82) is 0 Å². The van der Waals surface area contributed by atoms with Crippen molar-refractivity contribution in [3.05, 3.63) is 64.6 Å². The van der Waals surface area contributed by atoms with E-state index in [2.05, 4.69) is 27.3 Å². The highest BCUT2D eigenvalue weighted by atomic mass is 16.5. The van der Waals surface area contributed by atoms with Crippen LogP contribution in [0, 0.1) is 0 Å². The van der Waals surface area contributed by atoms with Gasteiger partial charge in [-0.25, -0.2) is 9.98 Å². The molecule has 2 aromatic carbocycles. The SMILES string of the molecule is CCCOc1ccc(NC(N)=Nc2ccccc2)cc1-c1nc2c(CCC)nn(C)c2c(=O)[nH]1. The number of aryl methyl sites for hydroxylation is 2. The first-order valence-electron chi connectivity index (χ1n) is 11.4. The van der Waals surface area contributed by atoms with Crippen LogP contribution in [-0.4, -0.2) is 32.3 Å². The maximum absolute atomic E-state index is 13.0. The van der Waals surface area contributed by atoms with Gasteiger partial charge in [0, 0.05) is 12.7 Å². The number of aliphatic imine (C=N–C) groups is 1. The van der Waals surface area contributed by atoms with Crippen molar-refractivity contribution in [3.63, 3.8) is 0 Å². The summed E-state index contributed by atoms with van der Waals surface area (Å²) < 4.78 is 7.55. The van der Waals surface area contributed by atoms with E-state index >= 15 is 0 Å². The van der Waals surface area contributed by atoms with E-state index in [0.29, 0.717) is 40.5 Å². The van der Waals surface area contributed by atoms with Gasteiger partial charge in [0.05, 0.1) is 23.6 Å². The van der Waals surface area contributed by atoms with E-state index in [4.69, 9.17) is 15.5 Å². The van der Waals surface area contributed by atoms with E-state index in [-0.39, 0.29) is 11.5 Å². The fourth-order valence-corrected chi connectivity index (χ4v) is 3.73. The van der Waals surface area contributed by atoms with Gasteiger partial charge >= 0.3 is 0 Å². The highest BCUT2D eigenvalue weighted by molar-refractivity contribution is 5.95. The summed E-state index contributed by atoms with van der Waals surface area (Å²) in [5, 5.41) is 7.61. The maximum atomic E-state index is 13.0. The van der Waals surface area contributed by atoms with Crippen molar-refractivity contribution in [3.8, 4) is 17.1 Å². The largest absolute Gasteiger partial charge is 0.493 e. The predicted molar refractivity (Wildman–Crippen MR) is 136 cm³/mol. The van der Waals surface area contributed by atoms with E-state index in [0.717, 1.165) is 30.6 Å². The van der Waals surface area contributed by atoms with Crippen molar-refractivity contribution in [2.45, 2.75) is 33.1 Å². The summed E-state index contributed by atoms with van der Waals surface area (Å²) >= 11 is 0. The number of nitrogens with one attached hydrogen (secondary N) is 2. The highest BCUT2D eigenvalue weighted by Gasteiger charge is 2.18. The molecule has 2 aromatic heterocycles. The van der Waals surface area contributed by atoms with Crippen LogP contribution in [0.15, 0.2) is 58.3 Å². The summed E-state index contributed by atoms with van der Waals surface area (Å²) in [6.45, 7) is 4.65. The van der Waals surface area contributed by atoms with Gasteiger partial charge in [0.1, 0.15) is 17.1 Å². The molecule has 0 radical (unpaired) electrons. The molecule has 4 rings (SSSR count). The number of aromatic amines is 1. The van der Waals surface area contributed by atoms with Gasteiger partial charge in [-0.3, -0.25) is 9.48 Å². The van der Waals surface area contributed by atoms with E-state index in [1.165, 1.54) is 0 Å². The number of benzene rings is 2. The van der Waals surface area contributed by atoms with E-state index in [1.54, 1.807) is 11.7 Å². The minimum Gasteiger partial charge on any atom is -0.493 e. The second-order valence-corrected chi connectivity index (χ2v) is 7.95. The van der Waals surface area contributed by atoms with Crippen molar-refractivity contribution >= 4 is 28.4 Å². The molecule has 0 unspecified atom stereocenters. The minimum absolute atomic E-state index is 0.244. The molecular weight excluding hydrogens is 430 g/mol. The average molecular weight is 460 g/mol. The fourth-order valence-electron chi connectivity index (χ4n) is 3.73. The quantitative estimate of drug-likeness (QED) is 0.269. The lowest BCUT2D eigenvalue weighted by molar-refractivity contribution is 0.318. The first kappa shape index (κ1) is 23.0. The number of rotatable bonds is 8. The smallest absolute Gasteiger partial charge is 0.277 e. The van der Waals surface area contributed by atoms with E-state index in [9.17, 15) is 4.79 Å². The molecule has 4 N–H and O–H groups in total. The molecule has 9 nitrogen and oxygen atoms in total. The molecule has 0 spiro atoms. The third kappa shape index (κ3) is 4.93. The van der Waals surface area contributed by atoms with Crippen LogP contribution in [0.5, 0.6) is 5.75 Å². The number of H-pyrrole nitrogens is 1. The summed E-state index contributed by atoms with van der Waals surface area (Å²) in [7, 11) is 1.76. The summed E-state index contributed by atoms with van der Waals surface area (Å²) in [5.41, 5.74) is 9.82. The lowest BCUT2D eigenvalue weighted by Gasteiger charge is -2.13. The number of nitrogens with zero attached hydrogens (tertiary/aromatic N) is 4. The molecule has 176 valence electrons. The summed E-state index contributed by atoms with van der Waals surface area (Å²) in [5.74, 6) is 1.28.